The Morgan fingerprint density at radius 2 is 1.62 bits per heavy atom. The molecule has 0 bridgehead atoms. The second-order valence-corrected chi connectivity index (χ2v) is 12.2. The maximum Gasteiger partial charge on any atom is 0.230 e. The van der Waals surface area contributed by atoms with E-state index in [0.717, 1.165) is 48.8 Å². The molecule has 1 amide bonds. The number of Topliss-reactive ketones (excluding diaryl/α,β-unsaturated/α-hetero) is 1. The molecule has 3 aliphatic rings. The van der Waals surface area contributed by atoms with Gasteiger partial charge in [-0.2, -0.15) is 0 Å². The summed E-state index contributed by atoms with van der Waals surface area (Å²) in [6.07, 6.45) is 6.16. The van der Waals surface area contributed by atoms with E-state index in [1.807, 2.05) is 24.3 Å². The van der Waals surface area contributed by atoms with Gasteiger partial charge in [-0.3, -0.25) is 9.59 Å². The van der Waals surface area contributed by atoms with Crippen molar-refractivity contribution in [2.24, 2.45) is 29.6 Å². The van der Waals surface area contributed by atoms with Gasteiger partial charge in [0, 0.05) is 24.6 Å². The Bertz CT molecular complexity index is 1140. The summed E-state index contributed by atoms with van der Waals surface area (Å²) in [6.45, 7) is 10.6. The molecule has 1 aliphatic heterocycles. The van der Waals surface area contributed by atoms with Gasteiger partial charge < -0.3 is 9.64 Å². The lowest BCUT2D eigenvalue weighted by molar-refractivity contribution is -0.136. The Morgan fingerprint density at radius 3 is 2.27 bits per heavy atom. The summed E-state index contributed by atoms with van der Waals surface area (Å²) in [5.41, 5.74) is 6.57. The predicted molar refractivity (Wildman–Crippen MR) is 148 cm³/mol. The number of ether oxygens (including phenoxy) is 1. The molecule has 0 aromatic heterocycles. The van der Waals surface area contributed by atoms with Crippen LogP contribution >= 0.6 is 0 Å². The molecule has 4 atom stereocenters. The van der Waals surface area contributed by atoms with E-state index in [9.17, 15) is 9.59 Å². The van der Waals surface area contributed by atoms with E-state index in [-0.39, 0.29) is 23.5 Å². The average Bonchev–Trinajstić information content (AvgIpc) is 2.92. The van der Waals surface area contributed by atoms with E-state index in [0.29, 0.717) is 24.9 Å². The minimum Gasteiger partial charge on any atom is -0.497 e. The van der Waals surface area contributed by atoms with Crippen molar-refractivity contribution in [2.45, 2.75) is 72.1 Å². The van der Waals surface area contributed by atoms with Crippen molar-refractivity contribution in [1.29, 1.82) is 0 Å². The van der Waals surface area contributed by atoms with E-state index in [1.165, 1.54) is 29.5 Å². The van der Waals surface area contributed by atoms with Crippen LogP contribution in [0, 0.1) is 29.6 Å². The van der Waals surface area contributed by atoms with Crippen molar-refractivity contribution in [3.63, 3.8) is 0 Å². The highest BCUT2D eigenvalue weighted by molar-refractivity contribution is 5.98. The van der Waals surface area contributed by atoms with Crippen molar-refractivity contribution >= 4 is 11.7 Å². The van der Waals surface area contributed by atoms with Gasteiger partial charge in [-0.25, -0.2) is 0 Å². The lowest BCUT2D eigenvalue weighted by Crippen LogP contribution is -2.45. The molecule has 1 heterocycles. The van der Waals surface area contributed by atoms with Crippen molar-refractivity contribution in [3.05, 3.63) is 64.2 Å². The Morgan fingerprint density at radius 1 is 0.919 bits per heavy atom. The second kappa shape index (κ2) is 10.6. The number of hydrogen-bond donors (Lipinski definition) is 0. The number of carbonyl (C=O) groups excluding carboxylic acids is 2. The molecule has 37 heavy (non-hydrogen) atoms. The van der Waals surface area contributed by atoms with Crippen molar-refractivity contribution in [2.75, 3.05) is 20.2 Å². The molecule has 4 unspecified atom stereocenters. The normalized spacial score (nSPS) is 25.9. The molecule has 0 N–H and O–H groups in total. The summed E-state index contributed by atoms with van der Waals surface area (Å²) in [4.78, 5) is 29.2. The lowest BCUT2D eigenvalue weighted by Gasteiger charge is -2.42. The Balaban J connectivity index is 1.31. The molecule has 198 valence electrons. The molecule has 4 heteroatoms. The van der Waals surface area contributed by atoms with Crippen molar-refractivity contribution < 1.29 is 14.3 Å². The number of likely N-dealkylation sites (tertiary alicyclic amines) is 1. The number of rotatable bonds is 5. The van der Waals surface area contributed by atoms with Gasteiger partial charge in [-0.15, -0.1) is 0 Å². The first-order chi connectivity index (χ1) is 17.8. The van der Waals surface area contributed by atoms with Gasteiger partial charge in [-0.05, 0) is 109 Å². The summed E-state index contributed by atoms with van der Waals surface area (Å²) in [5, 5.41) is 0. The van der Waals surface area contributed by atoms with Crippen LogP contribution < -0.4 is 4.74 Å². The highest BCUT2D eigenvalue weighted by Crippen LogP contribution is 2.45. The van der Waals surface area contributed by atoms with Crippen LogP contribution in [0.5, 0.6) is 5.75 Å². The SMILES string of the molecule is COc1ccc(C(=O)C2CCN(C(=O)C3c4ccc5c(c4CC(C)C3C)CCC(C(C)C)C5)CC2)cc1. The second-order valence-electron chi connectivity index (χ2n) is 12.2. The Kier molecular flexibility index (Phi) is 7.47. The largest absolute Gasteiger partial charge is 0.497 e. The monoisotopic (exact) mass is 501 g/mol. The van der Waals surface area contributed by atoms with Crippen LogP contribution in [0.1, 0.15) is 85.5 Å². The van der Waals surface area contributed by atoms with Gasteiger partial charge in [0.25, 0.3) is 0 Å². The summed E-state index contributed by atoms with van der Waals surface area (Å²) < 4.78 is 5.22. The molecule has 2 aromatic carbocycles. The fraction of sp³-hybridized carbons (Fsp3) is 0.576. The summed E-state index contributed by atoms with van der Waals surface area (Å²) in [5.74, 6) is 3.43. The van der Waals surface area contributed by atoms with Crippen LogP contribution in [0.15, 0.2) is 36.4 Å². The number of fused-ring (bicyclic) bond motifs is 3. The topological polar surface area (TPSA) is 46.6 Å². The molecule has 5 rings (SSSR count). The summed E-state index contributed by atoms with van der Waals surface area (Å²) in [7, 11) is 1.63. The maximum absolute atomic E-state index is 14.0. The van der Waals surface area contributed by atoms with Crippen LogP contribution in [0.2, 0.25) is 0 Å². The zero-order valence-electron chi connectivity index (χ0n) is 23.3. The van der Waals surface area contributed by atoms with Crippen LogP contribution in [0.3, 0.4) is 0 Å². The Hall–Kier alpha value is -2.62. The van der Waals surface area contributed by atoms with Gasteiger partial charge in [0.15, 0.2) is 5.78 Å². The van der Waals surface area contributed by atoms with Gasteiger partial charge in [0.05, 0.1) is 13.0 Å². The lowest BCUT2D eigenvalue weighted by atomic mass is 9.66. The van der Waals surface area contributed by atoms with Crippen LogP contribution in [0.4, 0.5) is 0 Å². The van der Waals surface area contributed by atoms with Crippen LogP contribution in [0.25, 0.3) is 0 Å². The fourth-order valence-electron chi connectivity index (χ4n) is 7.11. The number of nitrogens with zero attached hydrogens (tertiary/aromatic N) is 1. The first-order valence-electron chi connectivity index (χ1n) is 14.4. The van der Waals surface area contributed by atoms with E-state index in [4.69, 9.17) is 4.74 Å². The smallest absolute Gasteiger partial charge is 0.230 e. The molecule has 0 radical (unpaired) electrons. The zero-order chi connectivity index (χ0) is 26.3. The molecule has 2 aliphatic carbocycles. The van der Waals surface area contributed by atoms with E-state index in [2.05, 4.69) is 44.7 Å². The predicted octanol–water partition coefficient (Wildman–Crippen LogP) is 6.49. The van der Waals surface area contributed by atoms with Crippen molar-refractivity contribution in [1.82, 2.24) is 4.90 Å². The quantitative estimate of drug-likeness (QED) is 0.440. The third kappa shape index (κ3) is 4.96. The zero-order valence-corrected chi connectivity index (χ0v) is 23.3. The van der Waals surface area contributed by atoms with E-state index >= 15 is 0 Å². The highest BCUT2D eigenvalue weighted by atomic mass is 16.5. The van der Waals surface area contributed by atoms with E-state index in [1.54, 1.807) is 12.7 Å². The first-order valence-corrected chi connectivity index (χ1v) is 14.4. The minimum atomic E-state index is -0.0688. The molecular weight excluding hydrogens is 458 g/mol. The molecule has 2 aromatic rings. The molecule has 4 nitrogen and oxygen atoms in total. The number of hydrogen-bond acceptors (Lipinski definition) is 3. The fourth-order valence-corrected chi connectivity index (χ4v) is 7.11. The number of amides is 1. The van der Waals surface area contributed by atoms with Gasteiger partial charge in [0.2, 0.25) is 5.91 Å². The molecular formula is C33H43NO3. The van der Waals surface area contributed by atoms with Crippen molar-refractivity contribution in [3.8, 4) is 5.75 Å². The number of piperidine rings is 1. The maximum atomic E-state index is 14.0. The van der Waals surface area contributed by atoms with Crippen LogP contribution in [-0.4, -0.2) is 36.8 Å². The average molecular weight is 502 g/mol. The van der Waals surface area contributed by atoms with Crippen LogP contribution in [-0.2, 0) is 24.1 Å². The number of methoxy groups -OCH3 is 1. The van der Waals surface area contributed by atoms with Gasteiger partial charge >= 0.3 is 0 Å². The number of ketones is 1. The molecule has 1 fully saturated rings. The highest BCUT2D eigenvalue weighted by Gasteiger charge is 2.41. The molecule has 0 saturated carbocycles. The molecule has 1 saturated heterocycles. The number of benzene rings is 2. The number of carbonyl (C=O) groups is 2. The summed E-state index contributed by atoms with van der Waals surface area (Å²) in [6, 6.07) is 12.0. The summed E-state index contributed by atoms with van der Waals surface area (Å²) >= 11 is 0. The first kappa shape index (κ1) is 26.0. The molecule has 0 spiro atoms. The third-order valence-electron chi connectivity index (χ3n) is 9.86. The standard InChI is InChI=1S/C33H43NO3/c1-20(2)25-8-12-28-26(19-25)9-13-29-30(28)18-21(3)22(4)31(29)33(36)34-16-14-24(15-17-34)32(35)23-6-10-27(37-5)11-7-23/h6-7,9-11,13,20-22,24-25,31H,8,12,14-19H2,1-5H3. The van der Waals surface area contributed by atoms with E-state index < -0.39 is 0 Å². The Labute approximate surface area is 222 Å². The van der Waals surface area contributed by atoms with Gasteiger partial charge in [0.1, 0.15) is 5.75 Å². The third-order valence-corrected chi connectivity index (χ3v) is 9.86. The minimum absolute atomic E-state index is 0.0200. The van der Waals surface area contributed by atoms with Gasteiger partial charge in [-0.1, -0.05) is 39.8 Å².